The Morgan fingerprint density at radius 3 is 2.62 bits per heavy atom. The van der Waals surface area contributed by atoms with Gasteiger partial charge < -0.3 is 15.1 Å². The van der Waals surface area contributed by atoms with E-state index in [1.54, 1.807) is 0 Å². The lowest BCUT2D eigenvalue weighted by molar-refractivity contribution is -0.113. The zero-order valence-electron chi connectivity index (χ0n) is 19.9. The number of carbonyl (C=O) groups excluding carboxylic acids is 1. The number of thiol groups is 1. The summed E-state index contributed by atoms with van der Waals surface area (Å²) in [5.41, 5.74) is 4.34. The summed E-state index contributed by atoms with van der Waals surface area (Å²) in [7, 11) is -2.40. The number of hydrogen-bond donors (Lipinski definition) is 2. The van der Waals surface area contributed by atoms with Crippen molar-refractivity contribution in [2.24, 2.45) is 23.2 Å². The van der Waals surface area contributed by atoms with Gasteiger partial charge in [-0.3, -0.25) is 0 Å². The number of carbonyl (C=O) groups is 1. The highest BCUT2D eigenvalue weighted by molar-refractivity contribution is 7.72. The Hall–Kier alpha value is -1.53. The lowest BCUT2D eigenvalue weighted by Gasteiger charge is -2.41. The molecule has 2 saturated carbocycles. The third kappa shape index (κ3) is 3.58. The minimum atomic E-state index is -2.40. The van der Waals surface area contributed by atoms with Gasteiger partial charge in [0.2, 0.25) is 0 Å². The Morgan fingerprint density at radius 1 is 1.31 bits per heavy atom. The lowest BCUT2D eigenvalue weighted by atomic mass is 9.64. The number of likely N-dealkylation sites (tertiary alicyclic amines) is 1. The Kier molecular flexibility index (Phi) is 6.40. The Morgan fingerprint density at radius 2 is 2.06 bits per heavy atom. The van der Waals surface area contributed by atoms with Crippen molar-refractivity contribution < 1.29 is 13.2 Å². The second-order valence-corrected chi connectivity index (χ2v) is 11.7. The van der Waals surface area contributed by atoms with Crippen LogP contribution in [0.1, 0.15) is 69.1 Å². The molecule has 1 saturated heterocycles. The summed E-state index contributed by atoms with van der Waals surface area (Å²) >= 11 is 0. The Labute approximate surface area is 194 Å². The summed E-state index contributed by atoms with van der Waals surface area (Å²) in [4.78, 5) is 14.3. The molecular weight excluding hydrogens is 420 g/mol. The van der Waals surface area contributed by atoms with Crippen LogP contribution >= 0.6 is 0 Å². The summed E-state index contributed by atoms with van der Waals surface area (Å²) in [5, 5.41) is 8.17. The van der Waals surface area contributed by atoms with Crippen LogP contribution in [0.4, 0.5) is 0 Å². The van der Waals surface area contributed by atoms with E-state index in [1.807, 2.05) is 6.92 Å². The molecule has 1 N–H and O–H groups in total. The minimum Gasteiger partial charge on any atom is -0.310 e. The molecule has 1 aliphatic heterocycles. The van der Waals surface area contributed by atoms with E-state index < -0.39 is 10.7 Å². The second-order valence-electron chi connectivity index (χ2n) is 10.7. The summed E-state index contributed by atoms with van der Waals surface area (Å²) in [6.45, 7) is 11.4. The number of likely N-dealkylation sites (N-methyl/N-ethyl adjacent to an activating group) is 1. The Bertz CT molecular complexity index is 981. The van der Waals surface area contributed by atoms with Crippen molar-refractivity contribution in [1.29, 1.82) is 5.41 Å². The van der Waals surface area contributed by atoms with Gasteiger partial charge in [-0.05, 0) is 86.6 Å². The monoisotopic (exact) mass is 458 g/mol. The summed E-state index contributed by atoms with van der Waals surface area (Å²) in [5.74, 6) is 1.02. The second kappa shape index (κ2) is 8.68. The Balaban J connectivity index is 1.73. The molecule has 6 atom stereocenters. The van der Waals surface area contributed by atoms with Gasteiger partial charge in [0.25, 0.3) is 0 Å². The third-order valence-corrected chi connectivity index (χ3v) is 10.1. The van der Waals surface area contributed by atoms with E-state index in [1.165, 1.54) is 16.7 Å². The molecule has 176 valence electrons. The quantitative estimate of drug-likeness (QED) is 0.351. The van der Waals surface area contributed by atoms with Crippen LogP contribution in [0.3, 0.4) is 0 Å². The standard InChI is InChI=1S/C26H38N2O3S/c1-5-28-11-9-20(15-29)22(14-28)19-7-6-17(2)23(13-19)25(4)24(12-18(3)27)26(25)10-8-21(26)16-32(30)31/h6-7,13,15,20-22,24,27,32H,5,8-12,14,16H2,1-4H3/t20?,21?,22?,24-,25?,26?/m1/s1. The van der Waals surface area contributed by atoms with Crippen molar-refractivity contribution in [1.82, 2.24) is 4.90 Å². The number of piperidine rings is 1. The number of hydrogen-bond acceptors (Lipinski definition) is 5. The largest absolute Gasteiger partial charge is 0.310 e. The first-order valence-electron chi connectivity index (χ1n) is 12.1. The van der Waals surface area contributed by atoms with Crippen LogP contribution in [0.5, 0.6) is 0 Å². The highest BCUT2D eigenvalue weighted by atomic mass is 32.2. The highest BCUT2D eigenvalue weighted by Crippen LogP contribution is 2.81. The molecule has 1 spiro atoms. The highest BCUT2D eigenvalue weighted by Gasteiger charge is 2.79. The molecule has 32 heavy (non-hydrogen) atoms. The van der Waals surface area contributed by atoms with Crippen LogP contribution in [-0.2, 0) is 20.9 Å². The van der Waals surface area contributed by atoms with Gasteiger partial charge in [0.15, 0.2) is 0 Å². The van der Waals surface area contributed by atoms with Crippen molar-refractivity contribution in [3.63, 3.8) is 0 Å². The van der Waals surface area contributed by atoms with Crippen molar-refractivity contribution in [2.75, 3.05) is 25.4 Å². The average Bonchev–Trinajstić information content (AvgIpc) is 3.31. The lowest BCUT2D eigenvalue weighted by Crippen LogP contribution is -2.40. The van der Waals surface area contributed by atoms with Gasteiger partial charge >= 0.3 is 0 Å². The molecule has 3 aliphatic rings. The van der Waals surface area contributed by atoms with Crippen molar-refractivity contribution in [3.05, 3.63) is 34.9 Å². The van der Waals surface area contributed by atoms with E-state index in [-0.39, 0.29) is 34.3 Å². The molecule has 0 aromatic heterocycles. The maximum absolute atomic E-state index is 11.9. The molecule has 0 bridgehead atoms. The maximum atomic E-state index is 11.9. The molecule has 5 unspecified atom stereocenters. The molecule has 4 rings (SSSR count). The van der Waals surface area contributed by atoms with Gasteiger partial charge in [0, 0.05) is 29.5 Å². The topological polar surface area (TPSA) is 78.3 Å². The predicted molar refractivity (Wildman–Crippen MR) is 129 cm³/mol. The molecule has 1 heterocycles. The fraction of sp³-hybridized carbons (Fsp3) is 0.692. The van der Waals surface area contributed by atoms with E-state index in [0.29, 0.717) is 11.6 Å². The number of aryl methyl sites for hydroxylation is 1. The first-order chi connectivity index (χ1) is 15.2. The van der Waals surface area contributed by atoms with Gasteiger partial charge in [-0.1, -0.05) is 32.0 Å². The number of nitrogens with zero attached hydrogens (tertiary/aromatic N) is 1. The molecule has 2 aliphatic carbocycles. The predicted octanol–water partition coefficient (Wildman–Crippen LogP) is 3.94. The number of aldehydes is 1. The van der Waals surface area contributed by atoms with Crippen LogP contribution in [0, 0.1) is 35.5 Å². The molecule has 1 aromatic rings. The van der Waals surface area contributed by atoms with Crippen molar-refractivity contribution in [3.8, 4) is 0 Å². The van der Waals surface area contributed by atoms with E-state index >= 15 is 0 Å². The van der Waals surface area contributed by atoms with E-state index in [2.05, 4.69) is 43.9 Å². The number of nitrogens with one attached hydrogen (secondary N) is 1. The molecule has 6 heteroatoms. The zero-order chi connectivity index (χ0) is 23.3. The minimum absolute atomic E-state index is 0.0137. The van der Waals surface area contributed by atoms with Gasteiger partial charge in [-0.2, -0.15) is 0 Å². The van der Waals surface area contributed by atoms with Crippen molar-refractivity contribution >= 4 is 22.7 Å². The van der Waals surface area contributed by atoms with E-state index in [0.717, 1.165) is 51.6 Å². The van der Waals surface area contributed by atoms with E-state index in [4.69, 9.17) is 5.41 Å². The van der Waals surface area contributed by atoms with Gasteiger partial charge in [-0.15, -0.1) is 0 Å². The van der Waals surface area contributed by atoms with E-state index in [9.17, 15) is 13.2 Å². The normalized spacial score (nSPS) is 36.8. The van der Waals surface area contributed by atoms with Crippen molar-refractivity contribution in [2.45, 2.75) is 64.7 Å². The number of benzene rings is 1. The third-order valence-electron chi connectivity index (χ3n) is 9.34. The maximum Gasteiger partial charge on any atom is 0.140 e. The summed E-state index contributed by atoms with van der Waals surface area (Å²) in [6, 6.07) is 6.73. The summed E-state index contributed by atoms with van der Waals surface area (Å²) in [6.07, 6.45) is 4.79. The van der Waals surface area contributed by atoms with Crippen LogP contribution in [0.2, 0.25) is 0 Å². The van der Waals surface area contributed by atoms with Gasteiger partial charge in [0.05, 0.1) is 5.75 Å². The fourth-order valence-electron chi connectivity index (χ4n) is 7.46. The van der Waals surface area contributed by atoms with Crippen LogP contribution < -0.4 is 0 Å². The summed E-state index contributed by atoms with van der Waals surface area (Å²) < 4.78 is 23.2. The first-order valence-corrected chi connectivity index (χ1v) is 13.5. The average molecular weight is 459 g/mol. The number of rotatable bonds is 8. The first kappa shape index (κ1) is 23.6. The van der Waals surface area contributed by atoms with Crippen LogP contribution in [0.25, 0.3) is 0 Å². The zero-order valence-corrected chi connectivity index (χ0v) is 20.8. The smallest absolute Gasteiger partial charge is 0.140 e. The fourth-order valence-corrected chi connectivity index (χ4v) is 8.33. The SMILES string of the molecule is CCN1CCC(C=O)C(c2ccc(C)c(C3(C)[C@@H](CC(C)=N)C34CCC4C[SH](=O)=O)c2)C1. The molecule has 3 fully saturated rings. The molecule has 5 nitrogen and oxygen atoms in total. The van der Waals surface area contributed by atoms with Crippen LogP contribution in [0.15, 0.2) is 18.2 Å². The molecule has 0 radical (unpaired) electrons. The molecular formula is C26H38N2O3S. The molecule has 1 aromatic carbocycles. The van der Waals surface area contributed by atoms with Gasteiger partial charge in [-0.25, -0.2) is 8.42 Å². The van der Waals surface area contributed by atoms with Crippen LogP contribution in [-0.4, -0.2) is 50.7 Å². The van der Waals surface area contributed by atoms with Gasteiger partial charge in [0.1, 0.15) is 17.0 Å². The molecule has 0 amide bonds.